The fourth-order valence-corrected chi connectivity index (χ4v) is 4.47. The number of aliphatic imine (C=N–C) groups is 1. The van der Waals surface area contributed by atoms with Gasteiger partial charge in [-0.05, 0) is 40.5 Å². The molecule has 2 rings (SSSR count). The molecule has 7 nitrogen and oxygen atoms in total. The van der Waals surface area contributed by atoms with Crippen molar-refractivity contribution in [2.24, 2.45) is 4.99 Å². The van der Waals surface area contributed by atoms with Gasteiger partial charge >= 0.3 is 0 Å². The molecule has 2 atom stereocenters. The summed E-state index contributed by atoms with van der Waals surface area (Å²) in [5.41, 5.74) is 0. The highest BCUT2D eigenvalue weighted by atomic mass is 32.2. The number of likely N-dealkylation sites (tertiary alicyclic amines) is 1. The first-order valence-corrected chi connectivity index (χ1v) is 11.4. The number of piperazine rings is 1. The maximum Gasteiger partial charge on any atom is 0.239 e. The molecule has 2 heterocycles. The second-order valence-corrected chi connectivity index (χ2v) is 10.7. The van der Waals surface area contributed by atoms with Crippen molar-refractivity contribution >= 4 is 22.7 Å². The number of carbonyl (C=O) groups is 1. The van der Waals surface area contributed by atoms with E-state index in [1.54, 1.807) is 7.05 Å². The molecule has 0 saturated carbocycles. The quantitative estimate of drug-likeness (QED) is 0.545. The van der Waals surface area contributed by atoms with Crippen LogP contribution >= 0.6 is 0 Å². The first-order valence-electron chi connectivity index (χ1n) is 10.1. The lowest BCUT2D eigenvalue weighted by Gasteiger charge is -2.39. The fraction of sp³-hybridized carbons (Fsp3) is 0.895. The fourth-order valence-electron chi connectivity index (χ4n) is 3.57. The number of hydrogen-bond donors (Lipinski definition) is 1. The van der Waals surface area contributed by atoms with Crippen LogP contribution in [-0.4, -0.2) is 100 Å². The van der Waals surface area contributed by atoms with Crippen LogP contribution in [0.1, 0.15) is 40.5 Å². The van der Waals surface area contributed by atoms with Crippen LogP contribution in [0.25, 0.3) is 0 Å². The van der Waals surface area contributed by atoms with Gasteiger partial charge in [-0.1, -0.05) is 0 Å². The lowest BCUT2D eigenvalue weighted by atomic mass is 10.2. The van der Waals surface area contributed by atoms with Gasteiger partial charge < -0.3 is 15.1 Å². The van der Waals surface area contributed by atoms with E-state index in [9.17, 15) is 9.00 Å². The van der Waals surface area contributed by atoms with Crippen molar-refractivity contribution in [3.05, 3.63) is 0 Å². The minimum atomic E-state index is -0.866. The van der Waals surface area contributed by atoms with Crippen LogP contribution in [0.2, 0.25) is 0 Å². The third-order valence-electron chi connectivity index (χ3n) is 5.40. The predicted octanol–water partition coefficient (Wildman–Crippen LogP) is 0.738. The van der Waals surface area contributed by atoms with E-state index in [-0.39, 0.29) is 16.7 Å². The molecule has 0 aromatic carbocycles. The van der Waals surface area contributed by atoms with Crippen LogP contribution in [0.3, 0.4) is 0 Å². The monoisotopic (exact) mass is 399 g/mol. The van der Waals surface area contributed by atoms with E-state index in [1.165, 1.54) is 0 Å². The van der Waals surface area contributed by atoms with E-state index < -0.39 is 10.8 Å². The van der Waals surface area contributed by atoms with Gasteiger partial charge in [-0.3, -0.25) is 18.9 Å². The zero-order valence-electron chi connectivity index (χ0n) is 17.7. The molecule has 1 amide bonds. The van der Waals surface area contributed by atoms with E-state index in [0.717, 1.165) is 58.1 Å². The smallest absolute Gasteiger partial charge is 0.239 e. The zero-order chi connectivity index (χ0) is 20.0. The maximum atomic E-state index is 12.6. The van der Waals surface area contributed by atoms with E-state index >= 15 is 0 Å². The van der Waals surface area contributed by atoms with Gasteiger partial charge in [0, 0.05) is 74.2 Å². The normalized spacial score (nSPS) is 22.0. The van der Waals surface area contributed by atoms with Gasteiger partial charge in [0.15, 0.2) is 5.96 Å². The number of nitrogens with zero attached hydrogens (tertiary/aromatic N) is 4. The third-order valence-corrected chi connectivity index (χ3v) is 7.34. The van der Waals surface area contributed by atoms with Crippen molar-refractivity contribution in [3.8, 4) is 0 Å². The Bertz CT molecular complexity index is 547. The molecule has 156 valence electrons. The van der Waals surface area contributed by atoms with Gasteiger partial charge in [0.25, 0.3) is 0 Å². The number of hydrogen-bond acceptors (Lipinski definition) is 4. The Kier molecular flexibility index (Phi) is 8.09. The third kappa shape index (κ3) is 6.17. The van der Waals surface area contributed by atoms with E-state index in [0.29, 0.717) is 12.3 Å². The summed E-state index contributed by atoms with van der Waals surface area (Å²) in [7, 11) is 0.921. The minimum absolute atomic E-state index is 0.0468. The maximum absolute atomic E-state index is 12.6. The van der Waals surface area contributed by atoms with Gasteiger partial charge in [-0.2, -0.15) is 0 Å². The van der Waals surface area contributed by atoms with Crippen molar-refractivity contribution < 1.29 is 9.00 Å². The molecule has 0 aromatic rings. The number of guanidine groups is 1. The van der Waals surface area contributed by atoms with Gasteiger partial charge in [-0.15, -0.1) is 0 Å². The molecule has 8 heteroatoms. The Hall–Kier alpha value is -1.15. The van der Waals surface area contributed by atoms with Gasteiger partial charge in [0.1, 0.15) is 0 Å². The predicted molar refractivity (Wildman–Crippen MR) is 113 cm³/mol. The molecule has 2 saturated heterocycles. The second-order valence-electron chi connectivity index (χ2n) is 8.37. The number of carbonyl (C=O) groups excluding carboxylic acids is 1. The molecule has 0 aliphatic carbocycles. The lowest BCUT2D eigenvalue weighted by molar-refractivity contribution is -0.135. The highest BCUT2D eigenvalue weighted by Crippen LogP contribution is 2.14. The van der Waals surface area contributed by atoms with E-state index in [1.807, 2.05) is 32.6 Å². The van der Waals surface area contributed by atoms with Crippen LogP contribution in [0.5, 0.6) is 0 Å². The standard InChI is InChI=1S/C19H37N5O2S/c1-16(17(25)23-9-6-7-10-23)22-11-13-24(14-12-22)18(20-5)21-8-15-27(26)19(2,3)4/h16H,6-15H2,1-5H3,(H,20,21). The summed E-state index contributed by atoms with van der Waals surface area (Å²) >= 11 is 0. The minimum Gasteiger partial charge on any atom is -0.355 e. The van der Waals surface area contributed by atoms with Crippen molar-refractivity contribution in [2.75, 3.05) is 58.6 Å². The molecule has 0 aromatic heterocycles. The highest BCUT2D eigenvalue weighted by molar-refractivity contribution is 7.86. The summed E-state index contributed by atoms with van der Waals surface area (Å²) < 4.78 is 12.0. The average molecular weight is 400 g/mol. The van der Waals surface area contributed by atoms with E-state index in [4.69, 9.17) is 0 Å². The molecular formula is C19H37N5O2S. The SMILES string of the molecule is CN=C(NCCS(=O)C(C)(C)C)N1CCN(C(C)C(=O)N2CCCC2)CC1. The van der Waals surface area contributed by atoms with Crippen LogP contribution in [0, 0.1) is 0 Å². The van der Waals surface area contributed by atoms with E-state index in [2.05, 4.69) is 20.1 Å². The first-order chi connectivity index (χ1) is 12.7. The van der Waals surface area contributed by atoms with Crippen LogP contribution in [0.15, 0.2) is 4.99 Å². The Labute approximate surface area is 167 Å². The average Bonchev–Trinajstić information content (AvgIpc) is 3.18. The molecule has 0 radical (unpaired) electrons. The molecule has 2 fully saturated rings. The molecule has 0 bridgehead atoms. The molecular weight excluding hydrogens is 362 g/mol. The van der Waals surface area contributed by atoms with Gasteiger partial charge in [0.2, 0.25) is 5.91 Å². The Morgan fingerprint density at radius 1 is 1.07 bits per heavy atom. The summed E-state index contributed by atoms with van der Waals surface area (Å²) in [6, 6.07) is -0.0468. The van der Waals surface area contributed by atoms with Crippen LogP contribution in [-0.2, 0) is 15.6 Å². The van der Waals surface area contributed by atoms with Crippen molar-refractivity contribution in [2.45, 2.75) is 51.3 Å². The Morgan fingerprint density at radius 3 is 2.19 bits per heavy atom. The number of amides is 1. The topological polar surface area (TPSA) is 68.2 Å². The summed E-state index contributed by atoms with van der Waals surface area (Å²) in [4.78, 5) is 23.5. The molecule has 27 heavy (non-hydrogen) atoms. The summed E-state index contributed by atoms with van der Waals surface area (Å²) in [6.45, 7) is 13.9. The molecule has 1 N–H and O–H groups in total. The first kappa shape index (κ1) is 22.1. The Morgan fingerprint density at radius 2 is 1.67 bits per heavy atom. The van der Waals surface area contributed by atoms with Crippen molar-refractivity contribution in [1.82, 2.24) is 20.0 Å². The number of nitrogens with one attached hydrogen (secondary N) is 1. The van der Waals surface area contributed by atoms with Crippen LogP contribution < -0.4 is 5.32 Å². The molecule has 2 unspecified atom stereocenters. The highest BCUT2D eigenvalue weighted by Gasteiger charge is 2.30. The second kappa shape index (κ2) is 9.87. The molecule has 2 aliphatic rings. The Balaban J connectivity index is 1.77. The number of rotatable bonds is 5. The van der Waals surface area contributed by atoms with Gasteiger partial charge in [-0.25, -0.2) is 0 Å². The molecule has 2 aliphatic heterocycles. The summed E-state index contributed by atoms with van der Waals surface area (Å²) in [6.07, 6.45) is 2.27. The summed E-state index contributed by atoms with van der Waals surface area (Å²) in [5, 5.41) is 3.34. The van der Waals surface area contributed by atoms with Gasteiger partial charge in [0.05, 0.1) is 6.04 Å². The van der Waals surface area contributed by atoms with Crippen molar-refractivity contribution in [3.63, 3.8) is 0 Å². The largest absolute Gasteiger partial charge is 0.355 e. The zero-order valence-corrected chi connectivity index (χ0v) is 18.5. The summed E-state index contributed by atoms with van der Waals surface area (Å²) in [5.74, 6) is 1.75. The lowest BCUT2D eigenvalue weighted by Crippen LogP contribution is -2.57. The van der Waals surface area contributed by atoms with Crippen molar-refractivity contribution in [1.29, 1.82) is 0 Å². The van der Waals surface area contributed by atoms with Crippen LogP contribution in [0.4, 0.5) is 0 Å². The molecule has 0 spiro atoms.